The molecule has 2 aromatic rings. The largest absolute Gasteiger partial charge is 0.380 e. The van der Waals surface area contributed by atoms with Crippen molar-refractivity contribution >= 4 is 0 Å². The molecule has 1 N–H and O–H groups in total. The summed E-state index contributed by atoms with van der Waals surface area (Å²) in [5.41, 5.74) is 0. The minimum absolute atomic E-state index is 0.203. The van der Waals surface area contributed by atoms with Crippen molar-refractivity contribution in [3.63, 3.8) is 0 Å². The monoisotopic (exact) mass is 290 g/mol. The fourth-order valence-corrected chi connectivity index (χ4v) is 2.99. The van der Waals surface area contributed by atoms with E-state index in [2.05, 4.69) is 43.5 Å². The molecular weight excluding hydrogens is 268 g/mol. The highest BCUT2D eigenvalue weighted by Crippen LogP contribution is 2.32. The van der Waals surface area contributed by atoms with Gasteiger partial charge in [0.25, 0.3) is 0 Å². The van der Waals surface area contributed by atoms with Crippen molar-refractivity contribution in [1.29, 1.82) is 0 Å². The molecule has 0 amide bonds. The fraction of sp³-hybridized carbons (Fsp3) is 0.643. The molecule has 0 saturated carbocycles. The summed E-state index contributed by atoms with van der Waals surface area (Å²) >= 11 is 0. The third-order valence-electron chi connectivity index (χ3n) is 4.10. The number of ether oxygens (including phenoxy) is 1. The van der Waals surface area contributed by atoms with Gasteiger partial charge in [-0.05, 0) is 20.3 Å². The second kappa shape index (κ2) is 5.95. The molecular formula is C14H22N6O. The zero-order valence-corrected chi connectivity index (χ0v) is 12.7. The van der Waals surface area contributed by atoms with Crippen molar-refractivity contribution < 1.29 is 4.74 Å². The number of nitrogens with zero attached hydrogens (tertiary/aromatic N) is 5. The number of aromatic amines is 1. The van der Waals surface area contributed by atoms with E-state index in [1.54, 1.807) is 13.4 Å². The number of hydrogen-bond acceptors (Lipinski definition) is 5. The molecule has 2 aromatic heterocycles. The summed E-state index contributed by atoms with van der Waals surface area (Å²) in [5, 5.41) is 6.96. The Morgan fingerprint density at radius 1 is 1.43 bits per heavy atom. The van der Waals surface area contributed by atoms with E-state index in [9.17, 15) is 0 Å². The van der Waals surface area contributed by atoms with Crippen LogP contribution in [0.1, 0.15) is 44.0 Å². The van der Waals surface area contributed by atoms with Gasteiger partial charge in [0.1, 0.15) is 18.0 Å². The van der Waals surface area contributed by atoms with Crippen LogP contribution in [-0.2, 0) is 11.3 Å². The number of methoxy groups -OCH3 is 1. The Bertz CT molecular complexity index is 564. The molecule has 3 heterocycles. The van der Waals surface area contributed by atoms with Gasteiger partial charge in [-0.2, -0.15) is 5.10 Å². The standard InChI is InChI=1S/C14H22N6O/c1-10(2)20-5-4-15-13(20)8-19-7-11(21-3)6-12(19)14-16-9-17-18-14/h4-5,9-12H,6-8H2,1-3H3,(H,16,17,18)/t11-,12+/m1/s1. The Kier molecular flexibility index (Phi) is 4.03. The highest BCUT2D eigenvalue weighted by Gasteiger charge is 2.35. The Hall–Kier alpha value is -1.73. The first-order valence-electron chi connectivity index (χ1n) is 7.33. The van der Waals surface area contributed by atoms with E-state index in [4.69, 9.17) is 4.74 Å². The summed E-state index contributed by atoms with van der Waals surface area (Å²) in [4.78, 5) is 11.2. The second-order valence-electron chi connectivity index (χ2n) is 5.75. The third kappa shape index (κ3) is 2.84. The van der Waals surface area contributed by atoms with Crippen LogP contribution >= 0.6 is 0 Å². The Labute approximate surface area is 124 Å². The van der Waals surface area contributed by atoms with Crippen molar-refractivity contribution in [2.45, 2.75) is 45.0 Å². The quantitative estimate of drug-likeness (QED) is 0.904. The summed E-state index contributed by atoms with van der Waals surface area (Å²) in [6.07, 6.45) is 6.61. The van der Waals surface area contributed by atoms with E-state index in [-0.39, 0.29) is 12.1 Å². The Morgan fingerprint density at radius 2 is 2.29 bits per heavy atom. The van der Waals surface area contributed by atoms with Crippen molar-refractivity contribution in [2.24, 2.45) is 0 Å². The van der Waals surface area contributed by atoms with Gasteiger partial charge in [-0.15, -0.1) is 0 Å². The lowest BCUT2D eigenvalue weighted by atomic mass is 10.2. The number of imidazole rings is 1. The Morgan fingerprint density at radius 3 is 2.95 bits per heavy atom. The third-order valence-corrected chi connectivity index (χ3v) is 4.10. The minimum Gasteiger partial charge on any atom is -0.380 e. The predicted octanol–water partition coefficient (Wildman–Crippen LogP) is 1.54. The van der Waals surface area contributed by atoms with Gasteiger partial charge in [-0.3, -0.25) is 10.00 Å². The summed E-state index contributed by atoms with van der Waals surface area (Å²) in [6.45, 7) is 6.01. The van der Waals surface area contributed by atoms with Crippen LogP contribution in [0, 0.1) is 0 Å². The molecule has 2 atom stereocenters. The van der Waals surface area contributed by atoms with Gasteiger partial charge in [0.05, 0.1) is 18.7 Å². The predicted molar refractivity (Wildman–Crippen MR) is 77.6 cm³/mol. The molecule has 1 saturated heterocycles. The molecule has 0 spiro atoms. The minimum atomic E-state index is 0.203. The maximum atomic E-state index is 5.54. The summed E-state index contributed by atoms with van der Waals surface area (Å²) in [6, 6.07) is 0.613. The first kappa shape index (κ1) is 14.2. The molecule has 0 unspecified atom stereocenters. The zero-order valence-electron chi connectivity index (χ0n) is 12.7. The maximum Gasteiger partial charge on any atom is 0.141 e. The second-order valence-corrected chi connectivity index (χ2v) is 5.75. The lowest BCUT2D eigenvalue weighted by molar-refractivity contribution is 0.106. The van der Waals surface area contributed by atoms with Crippen LogP contribution in [0.4, 0.5) is 0 Å². The van der Waals surface area contributed by atoms with Crippen LogP contribution in [0.15, 0.2) is 18.7 Å². The van der Waals surface area contributed by atoms with Gasteiger partial charge in [-0.1, -0.05) is 0 Å². The molecule has 7 heteroatoms. The van der Waals surface area contributed by atoms with Gasteiger partial charge < -0.3 is 9.30 Å². The number of rotatable bonds is 5. The van der Waals surface area contributed by atoms with Gasteiger partial charge in [0.15, 0.2) is 0 Å². The average Bonchev–Trinajstić information content (AvgIpc) is 3.18. The molecule has 0 aliphatic carbocycles. The molecule has 7 nitrogen and oxygen atoms in total. The van der Waals surface area contributed by atoms with E-state index in [0.717, 1.165) is 31.2 Å². The topological polar surface area (TPSA) is 71.9 Å². The number of nitrogens with one attached hydrogen (secondary N) is 1. The molecule has 1 aliphatic heterocycles. The fourth-order valence-electron chi connectivity index (χ4n) is 2.99. The van der Waals surface area contributed by atoms with Crippen molar-refractivity contribution in [3.05, 3.63) is 30.4 Å². The molecule has 0 aromatic carbocycles. The number of aromatic nitrogens is 5. The van der Waals surface area contributed by atoms with E-state index in [0.29, 0.717) is 6.04 Å². The smallest absolute Gasteiger partial charge is 0.141 e. The molecule has 21 heavy (non-hydrogen) atoms. The van der Waals surface area contributed by atoms with Crippen LogP contribution < -0.4 is 0 Å². The molecule has 3 rings (SSSR count). The molecule has 0 radical (unpaired) electrons. The van der Waals surface area contributed by atoms with Crippen LogP contribution in [0.25, 0.3) is 0 Å². The van der Waals surface area contributed by atoms with Gasteiger partial charge in [0, 0.05) is 32.1 Å². The van der Waals surface area contributed by atoms with Gasteiger partial charge in [-0.25, -0.2) is 9.97 Å². The summed E-state index contributed by atoms with van der Waals surface area (Å²) in [7, 11) is 1.76. The van der Waals surface area contributed by atoms with Crippen LogP contribution in [0.2, 0.25) is 0 Å². The number of H-pyrrole nitrogens is 1. The zero-order chi connectivity index (χ0) is 14.8. The number of hydrogen-bond donors (Lipinski definition) is 1. The highest BCUT2D eigenvalue weighted by atomic mass is 16.5. The Balaban J connectivity index is 1.80. The van der Waals surface area contributed by atoms with Crippen LogP contribution in [-0.4, -0.2) is 49.4 Å². The van der Waals surface area contributed by atoms with Crippen LogP contribution in [0.3, 0.4) is 0 Å². The van der Waals surface area contributed by atoms with Crippen molar-refractivity contribution in [2.75, 3.05) is 13.7 Å². The summed E-state index contributed by atoms with van der Waals surface area (Å²) in [5.74, 6) is 1.98. The van der Waals surface area contributed by atoms with Crippen molar-refractivity contribution in [3.8, 4) is 0 Å². The highest BCUT2D eigenvalue weighted by molar-refractivity contribution is 5.02. The SMILES string of the molecule is CO[C@@H]1C[C@@H](c2ncn[nH]2)N(Cc2nccn2C(C)C)C1. The lowest BCUT2D eigenvalue weighted by Crippen LogP contribution is -2.27. The molecule has 114 valence electrons. The van der Waals surface area contributed by atoms with E-state index in [1.165, 1.54) is 0 Å². The van der Waals surface area contributed by atoms with Gasteiger partial charge >= 0.3 is 0 Å². The van der Waals surface area contributed by atoms with Gasteiger partial charge in [0.2, 0.25) is 0 Å². The maximum absolute atomic E-state index is 5.54. The van der Waals surface area contributed by atoms with E-state index >= 15 is 0 Å². The molecule has 1 fully saturated rings. The van der Waals surface area contributed by atoms with Crippen molar-refractivity contribution in [1.82, 2.24) is 29.6 Å². The van der Waals surface area contributed by atoms with E-state index in [1.807, 2.05) is 12.4 Å². The summed E-state index contributed by atoms with van der Waals surface area (Å²) < 4.78 is 7.74. The number of likely N-dealkylation sites (tertiary alicyclic amines) is 1. The first-order valence-corrected chi connectivity index (χ1v) is 7.33. The van der Waals surface area contributed by atoms with E-state index < -0.39 is 0 Å². The van der Waals surface area contributed by atoms with Crippen LogP contribution in [0.5, 0.6) is 0 Å². The molecule has 1 aliphatic rings. The average molecular weight is 290 g/mol. The lowest BCUT2D eigenvalue weighted by Gasteiger charge is -2.23. The molecule has 0 bridgehead atoms. The first-order chi connectivity index (χ1) is 10.2. The normalized spacial score (nSPS) is 23.2.